The van der Waals surface area contributed by atoms with Crippen molar-refractivity contribution in [3.8, 4) is 0 Å². The molecule has 0 unspecified atom stereocenters. The predicted octanol–water partition coefficient (Wildman–Crippen LogP) is 5.14. The van der Waals surface area contributed by atoms with Crippen LogP contribution in [0, 0.1) is 41.4 Å². The van der Waals surface area contributed by atoms with Gasteiger partial charge in [-0.3, -0.25) is 14.4 Å². The highest BCUT2D eigenvalue weighted by atomic mass is 16.8. The van der Waals surface area contributed by atoms with Gasteiger partial charge in [0.05, 0.1) is 54.7 Å². The van der Waals surface area contributed by atoms with Gasteiger partial charge < -0.3 is 76.6 Å². The number of hydrogen-bond acceptors (Lipinski definition) is 23. The molecule has 6 heterocycles. The van der Waals surface area contributed by atoms with Crippen LogP contribution in [0.15, 0.2) is 23.9 Å². The first-order valence-electron chi connectivity index (χ1n) is 27.1. The van der Waals surface area contributed by atoms with Crippen molar-refractivity contribution in [2.24, 2.45) is 46.6 Å². The SMILES string of the molecule is CON=C1C[C@@H](C)O[C@@H](O[C@@H]2[C@@H](C)[C@H](O[C@H]3C[C@@]4(C)OC(=O)O[C@H]4[C@H](C)O3)[C@@H](C)C(=O)O[C@H]([C@@H](C)CO[C@@H]3O[C@H](C)[C@@H](O)[C@@H](OC)[C@H]3OC)[C@H](C)[C@@H](OC(=O)CC(C)C)[C@@H](C)C(=O)[C@@](C)(OC(=O)n3ccnc3)C[C@@H]2C)[C@@H]1O. The van der Waals surface area contributed by atoms with Crippen molar-refractivity contribution >= 4 is 35.7 Å². The minimum Gasteiger partial charge on any atom is -0.461 e. The number of imidazole rings is 1. The molecule has 5 aliphatic heterocycles. The quantitative estimate of drug-likeness (QED) is 0.131. The Balaban J connectivity index is 1.51. The molecule has 0 aliphatic carbocycles. The van der Waals surface area contributed by atoms with E-state index in [0.717, 1.165) is 4.57 Å². The molecule has 5 fully saturated rings. The van der Waals surface area contributed by atoms with Crippen molar-refractivity contribution in [1.29, 1.82) is 0 Å². The largest absolute Gasteiger partial charge is 0.509 e. The summed E-state index contributed by atoms with van der Waals surface area (Å²) < 4.78 is 81.9. The molecule has 0 amide bonds. The number of carbonyl (C=O) groups excluding carboxylic acids is 5. The fourth-order valence-electron chi connectivity index (χ4n) is 11.9. The van der Waals surface area contributed by atoms with E-state index in [1.807, 2.05) is 13.8 Å². The van der Waals surface area contributed by atoms with Crippen LogP contribution in [-0.4, -0.2) is 187 Å². The summed E-state index contributed by atoms with van der Waals surface area (Å²) in [6.45, 7) is 22.0. The topological polar surface area (TPSA) is 285 Å². The predicted molar refractivity (Wildman–Crippen MR) is 272 cm³/mol. The first kappa shape index (κ1) is 62.8. The zero-order valence-corrected chi connectivity index (χ0v) is 48.0. The minimum atomic E-state index is -2.02. The Labute approximate surface area is 456 Å². The number of aliphatic hydroxyl groups is 2. The van der Waals surface area contributed by atoms with Gasteiger partial charge in [-0.15, -0.1) is 0 Å². The van der Waals surface area contributed by atoms with E-state index in [0.29, 0.717) is 0 Å². The zero-order valence-electron chi connectivity index (χ0n) is 48.0. The van der Waals surface area contributed by atoms with Crippen molar-refractivity contribution in [3.05, 3.63) is 18.7 Å². The number of methoxy groups -OCH3 is 2. The second-order valence-corrected chi connectivity index (χ2v) is 22.9. The molecule has 0 aromatic carbocycles. The Morgan fingerprint density at radius 3 is 2.14 bits per heavy atom. The van der Waals surface area contributed by atoms with Crippen LogP contribution in [0.1, 0.15) is 116 Å². The number of oxime groups is 1. The highest BCUT2D eigenvalue weighted by molar-refractivity contribution is 5.92. The summed E-state index contributed by atoms with van der Waals surface area (Å²) in [5.41, 5.74) is -2.97. The summed E-state index contributed by atoms with van der Waals surface area (Å²) in [6.07, 6.45) is -13.3. The van der Waals surface area contributed by atoms with Gasteiger partial charge in [-0.1, -0.05) is 53.6 Å². The third kappa shape index (κ3) is 14.2. The average molecular weight is 1110 g/mol. The van der Waals surface area contributed by atoms with Gasteiger partial charge in [0.1, 0.15) is 50.1 Å². The Bertz CT molecular complexity index is 2220. The molecule has 0 saturated carbocycles. The standard InChI is InChI=1S/C54H85N3O21/c1-25(2)19-36(58)72-42-30(7)41(27(4)23-68-50-45(66-15)44(65-14)38(59)33(10)71-50)74-48(62)32(9)43(73-37-22-54(13)47(34(11)70-37)76-52(64)78-54)29(6)40(75-49-39(60)35(56-67-16)20-28(5)69-49)26(3)21-53(12,46(61)31(42)8)77-51(63)57-18-17-55-24-57/h17-18,24-34,37-45,47,49-50,59-60H,19-23H2,1-16H3/t26-,27-,28+,29+,30-,31+,32+,33+,34-,37-,38+,39+,40-,41+,42+,43-,44+,45+,47-,49-,50+,53-,54+/m0/s1. The normalized spacial score (nSPS) is 41.9. The molecular formula is C54H85N3O21. The Morgan fingerprint density at radius 1 is 0.821 bits per heavy atom. The monoisotopic (exact) mass is 1110 g/mol. The van der Waals surface area contributed by atoms with E-state index in [1.54, 1.807) is 69.2 Å². The molecular weight excluding hydrogens is 1030 g/mol. The number of aromatic nitrogens is 2. The number of rotatable bonds is 15. The summed E-state index contributed by atoms with van der Waals surface area (Å²) in [4.78, 5) is 80.8. The van der Waals surface area contributed by atoms with Crippen molar-refractivity contribution in [1.82, 2.24) is 9.55 Å². The van der Waals surface area contributed by atoms with E-state index in [2.05, 4.69) is 10.1 Å². The van der Waals surface area contributed by atoms with Gasteiger partial charge in [0.25, 0.3) is 0 Å². The number of hydrogen-bond donors (Lipinski definition) is 2. The minimum absolute atomic E-state index is 0.0178. The maximum Gasteiger partial charge on any atom is 0.509 e. The molecule has 5 saturated heterocycles. The van der Waals surface area contributed by atoms with Crippen molar-refractivity contribution < 1.29 is 101 Å². The number of esters is 2. The maximum atomic E-state index is 15.7. The number of aliphatic hydroxyl groups excluding tert-OH is 2. The van der Waals surface area contributed by atoms with Crippen LogP contribution in [0.25, 0.3) is 0 Å². The average Bonchev–Trinajstić information content (AvgIpc) is 4.09. The number of carbonyl (C=O) groups is 5. The van der Waals surface area contributed by atoms with Gasteiger partial charge in [0.2, 0.25) is 0 Å². The highest BCUT2D eigenvalue weighted by Crippen LogP contribution is 2.44. The summed E-state index contributed by atoms with van der Waals surface area (Å²) >= 11 is 0. The van der Waals surface area contributed by atoms with Gasteiger partial charge in [-0.2, -0.15) is 0 Å². The van der Waals surface area contributed by atoms with Crippen molar-refractivity contribution in [2.75, 3.05) is 27.9 Å². The van der Waals surface area contributed by atoms with Crippen LogP contribution in [0.4, 0.5) is 9.59 Å². The van der Waals surface area contributed by atoms with E-state index in [1.165, 1.54) is 47.0 Å². The van der Waals surface area contributed by atoms with E-state index in [9.17, 15) is 24.6 Å². The van der Waals surface area contributed by atoms with Crippen LogP contribution in [-0.2, 0) is 80.8 Å². The lowest BCUT2D eigenvalue weighted by Gasteiger charge is -2.46. The number of ether oxygens (including phenoxy) is 13. The van der Waals surface area contributed by atoms with Gasteiger partial charge in [-0.05, 0) is 59.8 Å². The first-order valence-corrected chi connectivity index (χ1v) is 27.1. The fraction of sp³-hybridized carbons (Fsp3) is 0.833. The lowest BCUT2D eigenvalue weighted by molar-refractivity contribution is -0.305. The molecule has 23 atom stereocenters. The molecule has 78 heavy (non-hydrogen) atoms. The lowest BCUT2D eigenvalue weighted by Crippen LogP contribution is -2.59. The lowest BCUT2D eigenvalue weighted by atomic mass is 9.74. The van der Waals surface area contributed by atoms with Gasteiger partial charge in [0.15, 0.2) is 42.0 Å². The molecule has 0 spiro atoms. The second kappa shape index (κ2) is 26.5. The molecule has 6 rings (SSSR count). The van der Waals surface area contributed by atoms with Gasteiger partial charge in [0, 0.05) is 63.6 Å². The molecule has 0 radical (unpaired) electrons. The third-order valence-corrected chi connectivity index (χ3v) is 15.9. The molecule has 1 aromatic heterocycles. The van der Waals surface area contributed by atoms with E-state index < -0.39 is 169 Å². The Kier molecular flexibility index (Phi) is 21.3. The van der Waals surface area contributed by atoms with Crippen LogP contribution in [0.2, 0.25) is 0 Å². The Hall–Kier alpha value is -4.37. The molecule has 2 N–H and O–H groups in total. The molecule has 0 bridgehead atoms. The van der Waals surface area contributed by atoms with Crippen LogP contribution in [0.5, 0.6) is 0 Å². The summed E-state index contributed by atoms with van der Waals surface area (Å²) in [6, 6.07) is 0. The molecule has 24 heteroatoms. The number of cyclic esters (lactones) is 1. The highest BCUT2D eigenvalue weighted by Gasteiger charge is 2.58. The third-order valence-electron chi connectivity index (χ3n) is 15.9. The molecule has 5 aliphatic rings. The molecule has 1 aromatic rings. The van der Waals surface area contributed by atoms with Crippen molar-refractivity contribution in [2.45, 2.75) is 219 Å². The van der Waals surface area contributed by atoms with Crippen LogP contribution < -0.4 is 0 Å². The number of Topliss-reactive ketones (excluding diaryl/α,β-unsaturated/α-hetero) is 1. The zero-order chi connectivity index (χ0) is 57.7. The molecule has 442 valence electrons. The summed E-state index contributed by atoms with van der Waals surface area (Å²) in [7, 11) is 4.21. The number of fused-ring (bicyclic) bond motifs is 1. The summed E-state index contributed by atoms with van der Waals surface area (Å²) in [5, 5.41) is 26.7. The number of nitrogens with zero attached hydrogens (tertiary/aromatic N) is 3. The first-order chi connectivity index (χ1) is 36.7. The van der Waals surface area contributed by atoms with Gasteiger partial charge >= 0.3 is 24.2 Å². The smallest absolute Gasteiger partial charge is 0.461 e. The second-order valence-electron chi connectivity index (χ2n) is 22.9. The van der Waals surface area contributed by atoms with E-state index >= 15 is 9.59 Å². The maximum absolute atomic E-state index is 15.7. The van der Waals surface area contributed by atoms with E-state index in [4.69, 9.17) is 66.4 Å². The van der Waals surface area contributed by atoms with Gasteiger partial charge in [-0.25, -0.2) is 19.1 Å². The van der Waals surface area contributed by atoms with E-state index in [-0.39, 0.29) is 43.9 Å². The van der Waals surface area contributed by atoms with Crippen molar-refractivity contribution in [3.63, 3.8) is 0 Å². The van der Waals surface area contributed by atoms with Crippen LogP contribution >= 0.6 is 0 Å². The number of ketones is 1. The fourth-order valence-corrected chi connectivity index (χ4v) is 11.9. The Morgan fingerprint density at radius 2 is 1.51 bits per heavy atom. The van der Waals surface area contributed by atoms with Crippen LogP contribution in [0.3, 0.4) is 0 Å². The summed E-state index contributed by atoms with van der Waals surface area (Å²) in [5.74, 6) is -8.09. The molecule has 24 nitrogen and oxygen atoms in total.